The number of hydrogen-bond donors (Lipinski definition) is 1. The second-order valence-electron chi connectivity index (χ2n) is 6.26. The summed E-state index contributed by atoms with van der Waals surface area (Å²) in [4.78, 5) is 25.6. The van der Waals surface area contributed by atoms with E-state index >= 15 is 0 Å². The highest BCUT2D eigenvalue weighted by atomic mass is 35.5. The number of carbonyl (C=O) groups excluding carboxylic acids is 2. The topological polar surface area (TPSA) is 58.6 Å². The van der Waals surface area contributed by atoms with Crippen LogP contribution >= 0.6 is 11.6 Å². The maximum absolute atomic E-state index is 12.0. The monoisotopic (exact) mass is 388 g/mol. The summed E-state index contributed by atoms with van der Waals surface area (Å²) in [5.74, 6) is 0.733. The van der Waals surface area contributed by atoms with Gasteiger partial charge in [0.15, 0.2) is 0 Å². The second kappa shape index (κ2) is 10.6. The van der Waals surface area contributed by atoms with Crippen molar-refractivity contribution in [1.82, 2.24) is 10.2 Å². The summed E-state index contributed by atoms with van der Waals surface area (Å²) in [6.07, 6.45) is 1.05. The number of nitrogens with zero attached hydrogens (tertiary/aromatic N) is 1. The molecule has 2 aromatic rings. The molecular weight excluding hydrogens is 364 g/mol. The van der Waals surface area contributed by atoms with E-state index in [1.807, 2.05) is 36.4 Å². The first kappa shape index (κ1) is 20.8. The third-order valence-electron chi connectivity index (χ3n) is 4.26. The van der Waals surface area contributed by atoms with Crippen molar-refractivity contribution in [2.45, 2.75) is 19.8 Å². The summed E-state index contributed by atoms with van der Waals surface area (Å²) in [5.41, 5.74) is 2.04. The molecule has 2 amide bonds. The van der Waals surface area contributed by atoms with E-state index in [0.717, 1.165) is 23.3 Å². The van der Waals surface area contributed by atoms with Crippen molar-refractivity contribution in [2.75, 3.05) is 26.7 Å². The Morgan fingerprint density at radius 3 is 2.22 bits per heavy atom. The smallest absolute Gasteiger partial charge is 0.224 e. The van der Waals surface area contributed by atoms with Crippen molar-refractivity contribution < 1.29 is 14.3 Å². The van der Waals surface area contributed by atoms with Crippen LogP contribution < -0.4 is 10.1 Å². The van der Waals surface area contributed by atoms with Crippen LogP contribution in [0.5, 0.6) is 5.75 Å². The highest BCUT2D eigenvalue weighted by molar-refractivity contribution is 6.30. The van der Waals surface area contributed by atoms with Gasteiger partial charge in [0.25, 0.3) is 0 Å². The van der Waals surface area contributed by atoms with Crippen LogP contribution in [0.2, 0.25) is 5.02 Å². The van der Waals surface area contributed by atoms with E-state index in [0.29, 0.717) is 31.1 Å². The van der Waals surface area contributed by atoms with E-state index in [1.54, 1.807) is 31.1 Å². The predicted octanol–water partition coefficient (Wildman–Crippen LogP) is 3.10. The molecule has 0 aliphatic rings. The Morgan fingerprint density at radius 1 is 1.00 bits per heavy atom. The van der Waals surface area contributed by atoms with E-state index in [1.165, 1.54) is 0 Å². The Morgan fingerprint density at radius 2 is 1.63 bits per heavy atom. The first-order valence-corrected chi connectivity index (χ1v) is 9.25. The molecular formula is C21H25ClN2O3. The number of nitrogens with one attached hydrogen (secondary N) is 1. The lowest BCUT2D eigenvalue weighted by Gasteiger charge is -2.21. The normalized spacial score (nSPS) is 10.3. The molecule has 2 aromatic carbocycles. The molecule has 0 bridgehead atoms. The molecule has 144 valence electrons. The fourth-order valence-electron chi connectivity index (χ4n) is 2.66. The third kappa shape index (κ3) is 7.31. The molecule has 6 heteroatoms. The van der Waals surface area contributed by atoms with Crippen molar-refractivity contribution in [1.29, 1.82) is 0 Å². The number of benzene rings is 2. The summed E-state index contributed by atoms with van der Waals surface area (Å²) in [5, 5.41) is 3.51. The molecule has 0 spiro atoms. The van der Waals surface area contributed by atoms with Gasteiger partial charge >= 0.3 is 0 Å². The number of amides is 2. The molecule has 0 saturated carbocycles. The molecule has 0 atom stereocenters. The minimum atomic E-state index is -0.0732. The van der Waals surface area contributed by atoms with E-state index in [4.69, 9.17) is 16.3 Å². The van der Waals surface area contributed by atoms with E-state index in [-0.39, 0.29) is 11.8 Å². The van der Waals surface area contributed by atoms with Crippen LogP contribution in [0.1, 0.15) is 18.1 Å². The molecule has 0 aromatic heterocycles. The molecule has 0 aliphatic heterocycles. The number of hydrogen-bond acceptors (Lipinski definition) is 3. The van der Waals surface area contributed by atoms with Crippen LogP contribution in [0.3, 0.4) is 0 Å². The van der Waals surface area contributed by atoms with Gasteiger partial charge in [0, 0.05) is 31.6 Å². The van der Waals surface area contributed by atoms with Crippen molar-refractivity contribution in [3.8, 4) is 5.75 Å². The number of carbonyl (C=O) groups is 2. The average Bonchev–Trinajstić information content (AvgIpc) is 2.66. The van der Waals surface area contributed by atoms with Gasteiger partial charge in [-0.3, -0.25) is 9.59 Å². The Labute approximate surface area is 165 Å². The second-order valence-corrected chi connectivity index (χ2v) is 6.69. The first-order chi connectivity index (χ1) is 13.0. The molecule has 0 radical (unpaired) electrons. The lowest BCUT2D eigenvalue weighted by molar-refractivity contribution is -0.129. The average molecular weight is 389 g/mol. The quantitative estimate of drug-likeness (QED) is 0.718. The van der Waals surface area contributed by atoms with Crippen LogP contribution in [0.25, 0.3) is 0 Å². The van der Waals surface area contributed by atoms with Gasteiger partial charge in [-0.15, -0.1) is 0 Å². The van der Waals surface area contributed by atoms with Gasteiger partial charge in [0.2, 0.25) is 11.8 Å². The third-order valence-corrected chi connectivity index (χ3v) is 4.51. The Kier molecular flexibility index (Phi) is 8.14. The molecule has 5 nitrogen and oxygen atoms in total. The number of halogens is 1. The van der Waals surface area contributed by atoms with E-state index in [9.17, 15) is 9.59 Å². The van der Waals surface area contributed by atoms with Crippen LogP contribution in [0.15, 0.2) is 48.5 Å². The zero-order chi connectivity index (χ0) is 19.6. The molecule has 0 unspecified atom stereocenters. The van der Waals surface area contributed by atoms with Gasteiger partial charge in [0.05, 0.1) is 13.5 Å². The number of ether oxygens (including phenoxy) is 1. The lowest BCUT2D eigenvalue weighted by Crippen LogP contribution is -2.39. The zero-order valence-electron chi connectivity index (χ0n) is 15.7. The molecule has 0 heterocycles. The van der Waals surface area contributed by atoms with Crippen molar-refractivity contribution >= 4 is 23.4 Å². The largest absolute Gasteiger partial charge is 0.497 e. The highest BCUT2D eigenvalue weighted by Gasteiger charge is 2.10. The number of rotatable bonds is 9. The van der Waals surface area contributed by atoms with Gasteiger partial charge in [-0.1, -0.05) is 35.9 Å². The minimum absolute atomic E-state index is 0.00420. The summed E-state index contributed by atoms with van der Waals surface area (Å²) < 4.78 is 5.15. The van der Waals surface area contributed by atoms with E-state index in [2.05, 4.69) is 5.32 Å². The SMILES string of the molecule is COc1ccc(CCN(CCNC(=O)Cc2ccc(Cl)cc2)C(C)=O)cc1. The zero-order valence-corrected chi connectivity index (χ0v) is 16.5. The Hall–Kier alpha value is -2.53. The highest BCUT2D eigenvalue weighted by Crippen LogP contribution is 2.12. The Bertz CT molecular complexity index is 745. The first-order valence-electron chi connectivity index (χ1n) is 8.87. The summed E-state index contributed by atoms with van der Waals surface area (Å²) in [7, 11) is 1.63. The molecule has 2 rings (SSSR count). The summed E-state index contributed by atoms with van der Waals surface area (Å²) in [6, 6.07) is 15.0. The summed E-state index contributed by atoms with van der Waals surface area (Å²) in [6.45, 7) is 3.06. The maximum Gasteiger partial charge on any atom is 0.224 e. The van der Waals surface area contributed by atoms with Crippen molar-refractivity contribution in [3.63, 3.8) is 0 Å². The predicted molar refractivity (Wildman–Crippen MR) is 107 cm³/mol. The van der Waals surface area contributed by atoms with Crippen molar-refractivity contribution in [2.24, 2.45) is 0 Å². The molecule has 0 saturated heterocycles. The molecule has 0 aliphatic carbocycles. The van der Waals surface area contributed by atoms with Crippen LogP contribution in [0, 0.1) is 0 Å². The molecule has 1 N–H and O–H groups in total. The van der Waals surface area contributed by atoms with Crippen LogP contribution in [-0.4, -0.2) is 43.5 Å². The minimum Gasteiger partial charge on any atom is -0.497 e. The number of methoxy groups -OCH3 is 1. The fraction of sp³-hybridized carbons (Fsp3) is 0.333. The van der Waals surface area contributed by atoms with Gasteiger partial charge in [-0.05, 0) is 41.8 Å². The van der Waals surface area contributed by atoms with Gasteiger partial charge in [0.1, 0.15) is 5.75 Å². The van der Waals surface area contributed by atoms with Crippen LogP contribution in [-0.2, 0) is 22.4 Å². The van der Waals surface area contributed by atoms with Gasteiger partial charge in [-0.2, -0.15) is 0 Å². The van der Waals surface area contributed by atoms with Gasteiger partial charge in [-0.25, -0.2) is 0 Å². The lowest BCUT2D eigenvalue weighted by atomic mass is 10.1. The van der Waals surface area contributed by atoms with Gasteiger partial charge < -0.3 is 15.0 Å². The van der Waals surface area contributed by atoms with Crippen molar-refractivity contribution in [3.05, 3.63) is 64.7 Å². The van der Waals surface area contributed by atoms with Crippen LogP contribution in [0.4, 0.5) is 0 Å². The fourth-order valence-corrected chi connectivity index (χ4v) is 2.79. The summed E-state index contributed by atoms with van der Waals surface area (Å²) >= 11 is 5.84. The molecule has 27 heavy (non-hydrogen) atoms. The molecule has 0 fully saturated rings. The Balaban J connectivity index is 1.75. The van der Waals surface area contributed by atoms with E-state index < -0.39 is 0 Å². The standard InChI is InChI=1S/C21H25ClN2O3/c1-16(25)24(13-11-17-5-9-20(27-2)10-6-17)14-12-23-21(26)15-18-3-7-19(22)8-4-18/h3-10H,11-15H2,1-2H3,(H,23,26). The maximum atomic E-state index is 12.0.